The molecule has 0 aromatic rings. The Bertz CT molecular complexity index is 263. The van der Waals surface area contributed by atoms with E-state index >= 15 is 0 Å². The van der Waals surface area contributed by atoms with E-state index in [-0.39, 0.29) is 5.57 Å². The third-order valence-corrected chi connectivity index (χ3v) is 2.44. The van der Waals surface area contributed by atoms with Crippen LogP contribution in [0.3, 0.4) is 0 Å². The van der Waals surface area contributed by atoms with Gasteiger partial charge in [-0.1, -0.05) is 12.7 Å². The Labute approximate surface area is 70.8 Å². The van der Waals surface area contributed by atoms with E-state index in [0.717, 1.165) is 6.08 Å². The Balaban J connectivity index is 4.82. The van der Waals surface area contributed by atoms with Crippen molar-refractivity contribution in [2.75, 3.05) is 0 Å². The second kappa shape index (κ2) is 3.81. The molecule has 0 aliphatic heterocycles. The van der Waals surface area contributed by atoms with Crippen molar-refractivity contribution >= 4 is 13.4 Å². The zero-order chi connectivity index (χ0) is 9.94. The summed E-state index contributed by atoms with van der Waals surface area (Å²) in [6, 6.07) is 0. The van der Waals surface area contributed by atoms with Gasteiger partial charge in [0.05, 0.1) is 0 Å². The van der Waals surface area contributed by atoms with Crippen LogP contribution in [-0.4, -0.2) is 21.2 Å². The van der Waals surface area contributed by atoms with Crippen LogP contribution in [0.4, 0.5) is 0 Å². The molecule has 0 spiro atoms. The van der Waals surface area contributed by atoms with Gasteiger partial charge in [0.15, 0.2) is 5.78 Å². The molecule has 0 radical (unpaired) electrons. The molecule has 0 heterocycles. The van der Waals surface area contributed by atoms with Crippen LogP contribution in [0.1, 0.15) is 6.92 Å². The van der Waals surface area contributed by atoms with E-state index in [1.54, 1.807) is 0 Å². The van der Waals surface area contributed by atoms with Gasteiger partial charge in [0.1, 0.15) is 5.66 Å². The molecule has 68 valence electrons. The van der Waals surface area contributed by atoms with Crippen molar-refractivity contribution < 1.29 is 19.1 Å². The van der Waals surface area contributed by atoms with E-state index in [9.17, 15) is 9.36 Å². The zero-order valence-corrected chi connectivity index (χ0v) is 7.62. The zero-order valence-electron chi connectivity index (χ0n) is 6.73. The van der Waals surface area contributed by atoms with E-state index in [1.807, 2.05) is 0 Å². The summed E-state index contributed by atoms with van der Waals surface area (Å²) in [5, 5.41) is 0. The van der Waals surface area contributed by atoms with Gasteiger partial charge in [0, 0.05) is 0 Å². The maximum absolute atomic E-state index is 11.1. The van der Waals surface area contributed by atoms with Crippen LogP contribution in [0.15, 0.2) is 24.8 Å². The smallest absolute Gasteiger partial charge is 0.324 e. The van der Waals surface area contributed by atoms with Gasteiger partial charge in [0.2, 0.25) is 0 Å². The van der Waals surface area contributed by atoms with Gasteiger partial charge < -0.3 is 9.79 Å². The van der Waals surface area contributed by atoms with Crippen LogP contribution in [0.2, 0.25) is 0 Å². The van der Waals surface area contributed by atoms with Gasteiger partial charge in [-0.3, -0.25) is 9.36 Å². The van der Waals surface area contributed by atoms with E-state index in [4.69, 9.17) is 9.79 Å². The van der Waals surface area contributed by atoms with Crippen LogP contribution >= 0.6 is 7.60 Å². The Morgan fingerprint density at radius 3 is 2.08 bits per heavy atom. The first-order valence-electron chi connectivity index (χ1n) is 3.18. The standard InChI is InChI=1S/C7H11O4P/c1-4-6(12(9,10)11)7(8)5(2)3/h4,6H,1-2H2,3H3,(H2,9,10,11). The number of rotatable bonds is 4. The number of carbonyl (C=O) groups is 1. The second-order valence-corrected chi connectivity index (χ2v) is 4.15. The molecule has 0 bridgehead atoms. The van der Waals surface area contributed by atoms with Crippen LogP contribution < -0.4 is 0 Å². The van der Waals surface area contributed by atoms with E-state index in [0.29, 0.717) is 0 Å². The summed E-state index contributed by atoms with van der Waals surface area (Å²) in [5.74, 6) is -0.668. The molecule has 1 atom stereocenters. The fourth-order valence-corrected chi connectivity index (χ4v) is 1.45. The predicted octanol–water partition coefficient (Wildman–Crippen LogP) is 0.864. The Morgan fingerprint density at radius 1 is 1.58 bits per heavy atom. The first-order valence-corrected chi connectivity index (χ1v) is 4.86. The highest BCUT2D eigenvalue weighted by atomic mass is 31.2. The summed E-state index contributed by atoms with van der Waals surface area (Å²) in [5.41, 5.74) is -1.33. The van der Waals surface area contributed by atoms with Gasteiger partial charge in [-0.2, -0.15) is 0 Å². The van der Waals surface area contributed by atoms with Gasteiger partial charge in [-0.15, -0.1) is 6.58 Å². The van der Waals surface area contributed by atoms with E-state index < -0.39 is 19.0 Å². The number of hydrogen-bond donors (Lipinski definition) is 2. The molecule has 0 saturated heterocycles. The third kappa shape index (κ3) is 2.74. The third-order valence-electron chi connectivity index (χ3n) is 1.27. The summed E-state index contributed by atoms with van der Waals surface area (Å²) >= 11 is 0. The normalized spacial score (nSPS) is 13.6. The molecule has 0 rings (SSSR count). The molecule has 0 aliphatic rings. The summed E-state index contributed by atoms with van der Waals surface area (Å²) in [4.78, 5) is 28.4. The van der Waals surface area contributed by atoms with Crippen molar-refractivity contribution in [2.24, 2.45) is 0 Å². The second-order valence-electron chi connectivity index (χ2n) is 2.41. The molecule has 2 N–H and O–H groups in total. The van der Waals surface area contributed by atoms with Crippen LogP contribution in [0.25, 0.3) is 0 Å². The highest BCUT2D eigenvalue weighted by molar-refractivity contribution is 7.54. The van der Waals surface area contributed by atoms with Gasteiger partial charge in [0.25, 0.3) is 0 Å². The minimum Gasteiger partial charge on any atom is -0.324 e. The molecule has 0 amide bonds. The molecule has 5 heteroatoms. The Hall–Kier alpha value is -0.700. The molecular formula is C7H11O4P. The lowest BCUT2D eigenvalue weighted by Gasteiger charge is -2.12. The molecule has 4 nitrogen and oxygen atoms in total. The molecule has 0 fully saturated rings. The SMILES string of the molecule is C=CC(C(=O)C(=C)C)P(=O)(O)O. The Kier molecular flexibility index (Phi) is 3.58. The highest BCUT2D eigenvalue weighted by Gasteiger charge is 2.32. The van der Waals surface area contributed by atoms with Crippen LogP contribution in [0, 0.1) is 0 Å². The minimum atomic E-state index is -4.41. The summed E-state index contributed by atoms with van der Waals surface area (Å²) in [7, 11) is -4.41. The predicted molar refractivity (Wildman–Crippen MR) is 45.9 cm³/mol. The number of allylic oxidation sites excluding steroid dienone is 2. The monoisotopic (exact) mass is 190 g/mol. The minimum absolute atomic E-state index is 0.114. The Morgan fingerprint density at radius 2 is 2.00 bits per heavy atom. The van der Waals surface area contributed by atoms with Gasteiger partial charge in [-0.05, 0) is 12.5 Å². The lowest BCUT2D eigenvalue weighted by molar-refractivity contribution is -0.114. The fraction of sp³-hybridized carbons (Fsp3) is 0.286. The molecular weight excluding hydrogens is 179 g/mol. The summed E-state index contributed by atoms with van der Waals surface area (Å²) in [6.07, 6.45) is 0.942. The van der Waals surface area contributed by atoms with Gasteiger partial charge >= 0.3 is 7.60 Å². The van der Waals surface area contributed by atoms with E-state index in [1.165, 1.54) is 6.92 Å². The molecule has 0 saturated carbocycles. The molecule has 0 aromatic heterocycles. The van der Waals surface area contributed by atoms with Crippen molar-refractivity contribution in [1.29, 1.82) is 0 Å². The molecule has 0 aliphatic carbocycles. The quantitative estimate of drug-likeness (QED) is 0.391. The highest BCUT2D eigenvalue weighted by Crippen LogP contribution is 2.42. The lowest BCUT2D eigenvalue weighted by atomic mass is 10.1. The van der Waals surface area contributed by atoms with E-state index in [2.05, 4.69) is 13.2 Å². The maximum Gasteiger partial charge on any atom is 0.340 e. The summed E-state index contributed by atoms with van der Waals surface area (Å²) < 4.78 is 10.7. The van der Waals surface area contributed by atoms with Crippen molar-refractivity contribution in [1.82, 2.24) is 0 Å². The first-order chi connectivity index (χ1) is 5.30. The van der Waals surface area contributed by atoms with Crippen LogP contribution in [-0.2, 0) is 9.36 Å². The number of ketones is 1. The van der Waals surface area contributed by atoms with Crippen molar-refractivity contribution in [3.63, 3.8) is 0 Å². The number of hydrogen-bond acceptors (Lipinski definition) is 2. The average Bonchev–Trinajstić information content (AvgIpc) is 1.85. The topological polar surface area (TPSA) is 74.6 Å². The largest absolute Gasteiger partial charge is 0.340 e. The first kappa shape index (κ1) is 11.3. The molecule has 12 heavy (non-hydrogen) atoms. The fourth-order valence-electron chi connectivity index (χ4n) is 0.650. The van der Waals surface area contributed by atoms with Crippen LogP contribution in [0.5, 0.6) is 0 Å². The maximum atomic E-state index is 11.1. The summed E-state index contributed by atoms with van der Waals surface area (Å²) in [6.45, 7) is 7.87. The number of carbonyl (C=O) groups excluding carboxylic acids is 1. The number of Topliss-reactive ketones (excluding diaryl/α,β-unsaturated/α-hetero) is 1. The van der Waals surface area contributed by atoms with Gasteiger partial charge in [-0.25, -0.2) is 0 Å². The molecule has 1 unspecified atom stereocenters. The lowest BCUT2D eigenvalue weighted by Crippen LogP contribution is -2.18. The van der Waals surface area contributed by atoms with Crippen molar-refractivity contribution in [3.8, 4) is 0 Å². The van der Waals surface area contributed by atoms with Crippen molar-refractivity contribution in [2.45, 2.75) is 12.6 Å². The molecule has 0 aromatic carbocycles. The van der Waals surface area contributed by atoms with Crippen molar-refractivity contribution in [3.05, 3.63) is 24.8 Å². The average molecular weight is 190 g/mol.